The average molecular weight is 538 g/mol. The zero-order valence-electron chi connectivity index (χ0n) is 17.8. The summed E-state index contributed by atoms with van der Waals surface area (Å²) in [6.07, 6.45) is 0.971. The van der Waals surface area contributed by atoms with Gasteiger partial charge >= 0.3 is 0 Å². The second kappa shape index (κ2) is 11.7. The maximum atomic E-state index is 12.0. The number of carbonyl (C=O) groups is 1. The highest BCUT2D eigenvalue weighted by Crippen LogP contribution is 2.33. The zero-order valence-corrected chi connectivity index (χ0v) is 20.9. The molecule has 164 valence electrons. The van der Waals surface area contributed by atoms with Crippen LogP contribution in [-0.2, 0) is 4.79 Å². The van der Waals surface area contributed by atoms with E-state index in [0.717, 1.165) is 43.5 Å². The molecule has 1 amide bonds. The number of ether oxygens (including phenoxy) is 1. The van der Waals surface area contributed by atoms with Crippen LogP contribution in [0.25, 0.3) is 0 Å². The monoisotopic (exact) mass is 537 g/mol. The number of rotatable bonds is 7. The van der Waals surface area contributed by atoms with Crippen molar-refractivity contribution in [3.05, 3.63) is 23.2 Å². The lowest BCUT2D eigenvalue weighted by Crippen LogP contribution is -2.45. The van der Waals surface area contributed by atoms with Crippen molar-refractivity contribution in [2.75, 3.05) is 45.2 Å². The standard InChI is InChI=1S/C20H32ClN5O2.HI/c1-6-23-19(24-13-20(2,3)18(27)22-4)25-15-9-10-26(12-15)16-11-14(21)7-8-17(16)28-5;/h7-8,11,15H,6,9-10,12-13H2,1-5H3,(H,22,27)(H2,23,24,25);1H. The number of methoxy groups -OCH3 is 1. The Hall–Kier alpha value is -1.42. The Balaban J connectivity index is 0.00000420. The van der Waals surface area contributed by atoms with E-state index in [4.69, 9.17) is 16.3 Å². The fourth-order valence-corrected chi connectivity index (χ4v) is 3.37. The van der Waals surface area contributed by atoms with Crippen molar-refractivity contribution >= 4 is 53.1 Å². The van der Waals surface area contributed by atoms with Crippen LogP contribution >= 0.6 is 35.6 Å². The fourth-order valence-electron chi connectivity index (χ4n) is 3.21. The molecule has 0 saturated carbocycles. The molecule has 0 aliphatic carbocycles. The summed E-state index contributed by atoms with van der Waals surface area (Å²) in [7, 11) is 3.32. The van der Waals surface area contributed by atoms with Crippen molar-refractivity contribution in [1.82, 2.24) is 16.0 Å². The van der Waals surface area contributed by atoms with Crippen LogP contribution in [0.3, 0.4) is 0 Å². The number of guanidine groups is 1. The lowest BCUT2D eigenvalue weighted by Gasteiger charge is -2.23. The van der Waals surface area contributed by atoms with Crippen LogP contribution in [0.5, 0.6) is 5.75 Å². The first-order valence-electron chi connectivity index (χ1n) is 9.66. The van der Waals surface area contributed by atoms with Crippen LogP contribution < -0.4 is 25.6 Å². The Bertz CT molecular complexity index is 714. The first-order valence-corrected chi connectivity index (χ1v) is 10.0. The van der Waals surface area contributed by atoms with Gasteiger partial charge in [-0.2, -0.15) is 0 Å². The van der Waals surface area contributed by atoms with Gasteiger partial charge in [0.25, 0.3) is 0 Å². The fraction of sp³-hybridized carbons (Fsp3) is 0.600. The second-order valence-electron chi connectivity index (χ2n) is 7.55. The van der Waals surface area contributed by atoms with E-state index >= 15 is 0 Å². The average Bonchev–Trinajstić information content (AvgIpc) is 3.14. The molecule has 0 spiro atoms. The number of aliphatic imine (C=N–C) groups is 1. The number of hydrogen-bond acceptors (Lipinski definition) is 4. The molecule has 3 N–H and O–H groups in total. The van der Waals surface area contributed by atoms with E-state index in [1.54, 1.807) is 14.2 Å². The Morgan fingerprint density at radius 2 is 2.14 bits per heavy atom. The van der Waals surface area contributed by atoms with Crippen LogP contribution in [-0.4, -0.2) is 58.2 Å². The number of halogens is 2. The third-order valence-electron chi connectivity index (χ3n) is 4.83. The summed E-state index contributed by atoms with van der Waals surface area (Å²) in [5, 5.41) is 10.1. The van der Waals surface area contributed by atoms with Gasteiger partial charge in [0.2, 0.25) is 5.91 Å². The van der Waals surface area contributed by atoms with Crippen molar-refractivity contribution in [3.63, 3.8) is 0 Å². The van der Waals surface area contributed by atoms with Gasteiger partial charge in [-0.05, 0) is 45.4 Å². The number of carbonyl (C=O) groups excluding carboxylic acids is 1. The highest BCUT2D eigenvalue weighted by Gasteiger charge is 2.28. The summed E-state index contributed by atoms with van der Waals surface area (Å²) in [6.45, 7) is 8.69. The molecule has 1 saturated heterocycles. The third kappa shape index (κ3) is 7.09. The van der Waals surface area contributed by atoms with Crippen LogP contribution in [0.1, 0.15) is 27.2 Å². The van der Waals surface area contributed by atoms with E-state index in [1.807, 2.05) is 39.0 Å². The molecule has 29 heavy (non-hydrogen) atoms. The summed E-state index contributed by atoms with van der Waals surface area (Å²) in [5.74, 6) is 1.52. The van der Waals surface area contributed by atoms with Crippen molar-refractivity contribution < 1.29 is 9.53 Å². The van der Waals surface area contributed by atoms with Gasteiger partial charge in [0.05, 0.1) is 24.8 Å². The lowest BCUT2D eigenvalue weighted by atomic mass is 9.93. The van der Waals surface area contributed by atoms with Gasteiger partial charge in [0, 0.05) is 37.7 Å². The highest BCUT2D eigenvalue weighted by molar-refractivity contribution is 14.0. The molecule has 1 aromatic carbocycles. The predicted molar refractivity (Wildman–Crippen MR) is 131 cm³/mol. The molecule has 1 atom stereocenters. The Labute approximate surface area is 196 Å². The number of nitrogens with zero attached hydrogens (tertiary/aromatic N) is 2. The predicted octanol–water partition coefficient (Wildman–Crippen LogP) is 2.87. The van der Waals surface area contributed by atoms with Crippen LogP contribution in [0, 0.1) is 5.41 Å². The Morgan fingerprint density at radius 1 is 1.41 bits per heavy atom. The minimum absolute atomic E-state index is 0. The minimum atomic E-state index is -0.563. The zero-order chi connectivity index (χ0) is 20.7. The Morgan fingerprint density at radius 3 is 2.76 bits per heavy atom. The van der Waals surface area contributed by atoms with E-state index < -0.39 is 5.41 Å². The lowest BCUT2D eigenvalue weighted by molar-refractivity contribution is -0.128. The van der Waals surface area contributed by atoms with Crippen molar-refractivity contribution in [3.8, 4) is 5.75 Å². The van der Waals surface area contributed by atoms with Gasteiger partial charge in [-0.1, -0.05) is 11.6 Å². The first kappa shape index (κ1) is 25.6. The van der Waals surface area contributed by atoms with E-state index in [0.29, 0.717) is 11.6 Å². The van der Waals surface area contributed by atoms with Gasteiger partial charge in [-0.15, -0.1) is 24.0 Å². The first-order chi connectivity index (χ1) is 13.3. The number of benzene rings is 1. The maximum Gasteiger partial charge on any atom is 0.227 e. The molecule has 1 aliphatic heterocycles. The molecule has 0 radical (unpaired) electrons. The van der Waals surface area contributed by atoms with Crippen LogP contribution in [0.4, 0.5) is 5.69 Å². The normalized spacial score (nSPS) is 16.8. The molecule has 7 nitrogen and oxygen atoms in total. The minimum Gasteiger partial charge on any atom is -0.495 e. The van der Waals surface area contributed by atoms with Gasteiger partial charge < -0.3 is 25.6 Å². The van der Waals surface area contributed by atoms with Gasteiger partial charge in [-0.3, -0.25) is 9.79 Å². The molecule has 2 rings (SSSR count). The van der Waals surface area contributed by atoms with Crippen molar-refractivity contribution in [1.29, 1.82) is 0 Å². The Kier molecular flexibility index (Phi) is 10.3. The number of amides is 1. The number of hydrogen-bond donors (Lipinski definition) is 3. The molecule has 0 bridgehead atoms. The number of anilines is 1. The summed E-state index contributed by atoms with van der Waals surface area (Å²) in [6, 6.07) is 5.91. The summed E-state index contributed by atoms with van der Waals surface area (Å²) in [5.41, 5.74) is 0.439. The molecule has 1 unspecified atom stereocenters. The van der Waals surface area contributed by atoms with E-state index in [2.05, 4.69) is 25.8 Å². The molecule has 1 heterocycles. The summed E-state index contributed by atoms with van der Waals surface area (Å²) >= 11 is 6.18. The molecule has 1 aliphatic rings. The SMILES string of the molecule is CCNC(=NCC(C)(C)C(=O)NC)NC1CCN(c2cc(Cl)ccc2OC)C1.I. The van der Waals surface area contributed by atoms with Gasteiger partial charge in [-0.25, -0.2) is 0 Å². The smallest absolute Gasteiger partial charge is 0.227 e. The molecule has 9 heteroatoms. The topological polar surface area (TPSA) is 78.0 Å². The highest BCUT2D eigenvalue weighted by atomic mass is 127. The van der Waals surface area contributed by atoms with Crippen molar-refractivity contribution in [2.45, 2.75) is 33.2 Å². The quantitative estimate of drug-likeness (QED) is 0.283. The van der Waals surface area contributed by atoms with E-state index in [1.165, 1.54) is 0 Å². The molecular weight excluding hydrogens is 505 g/mol. The van der Waals surface area contributed by atoms with Crippen LogP contribution in [0.2, 0.25) is 5.02 Å². The molecule has 0 aromatic heterocycles. The largest absolute Gasteiger partial charge is 0.495 e. The molecule has 1 aromatic rings. The molecular formula is C20H33ClIN5O2. The van der Waals surface area contributed by atoms with E-state index in [-0.39, 0.29) is 35.9 Å². The third-order valence-corrected chi connectivity index (χ3v) is 5.06. The molecule has 1 fully saturated rings. The second-order valence-corrected chi connectivity index (χ2v) is 7.99. The maximum absolute atomic E-state index is 12.0. The van der Waals surface area contributed by atoms with Crippen LogP contribution in [0.15, 0.2) is 23.2 Å². The van der Waals surface area contributed by atoms with Gasteiger partial charge in [0.1, 0.15) is 5.75 Å². The van der Waals surface area contributed by atoms with Crippen molar-refractivity contribution in [2.24, 2.45) is 10.4 Å². The van der Waals surface area contributed by atoms with E-state index in [9.17, 15) is 4.79 Å². The summed E-state index contributed by atoms with van der Waals surface area (Å²) in [4.78, 5) is 18.9. The summed E-state index contributed by atoms with van der Waals surface area (Å²) < 4.78 is 5.48. The van der Waals surface area contributed by atoms with Gasteiger partial charge in [0.15, 0.2) is 5.96 Å². The number of nitrogens with one attached hydrogen (secondary N) is 3.